The van der Waals surface area contributed by atoms with Crippen LogP contribution in [-0.2, 0) is 5.60 Å². The van der Waals surface area contributed by atoms with Crippen LogP contribution in [0, 0.1) is 11.8 Å². The zero-order valence-electron chi connectivity index (χ0n) is 16.0. The van der Waals surface area contributed by atoms with Gasteiger partial charge in [0.05, 0.1) is 8.07 Å². The van der Waals surface area contributed by atoms with E-state index in [1.165, 1.54) is 11.3 Å². The molecule has 2 aliphatic carbocycles. The Morgan fingerprint density at radius 1 is 1.08 bits per heavy atom. The molecule has 0 heterocycles. The average molecular weight is 361 g/mol. The van der Waals surface area contributed by atoms with Gasteiger partial charge in [0.1, 0.15) is 5.60 Å². The summed E-state index contributed by atoms with van der Waals surface area (Å²) >= 11 is 1.91. The third-order valence-electron chi connectivity index (χ3n) is 6.98. The van der Waals surface area contributed by atoms with Gasteiger partial charge in [-0.1, -0.05) is 75.8 Å². The number of benzene rings is 1. The van der Waals surface area contributed by atoms with Gasteiger partial charge in [-0.3, -0.25) is 0 Å². The second kappa shape index (κ2) is 6.03. The molecule has 3 atom stereocenters. The van der Waals surface area contributed by atoms with E-state index >= 15 is 0 Å². The molecule has 1 fully saturated rings. The lowest BCUT2D eigenvalue weighted by Gasteiger charge is -2.45. The predicted octanol–water partition coefficient (Wildman–Crippen LogP) is 5.97. The maximum absolute atomic E-state index is 12.0. The molecular formula is C21H32OSSi. The van der Waals surface area contributed by atoms with Crippen LogP contribution >= 0.6 is 11.8 Å². The van der Waals surface area contributed by atoms with Gasteiger partial charge in [-0.05, 0) is 34.6 Å². The Kier molecular flexibility index (Phi) is 4.60. The van der Waals surface area contributed by atoms with Gasteiger partial charge >= 0.3 is 0 Å². The van der Waals surface area contributed by atoms with Gasteiger partial charge in [-0.2, -0.15) is 0 Å². The lowest BCUT2D eigenvalue weighted by molar-refractivity contribution is -0.0581. The van der Waals surface area contributed by atoms with E-state index in [0.29, 0.717) is 11.0 Å². The van der Waals surface area contributed by atoms with Crippen molar-refractivity contribution < 1.29 is 5.11 Å². The fourth-order valence-electron chi connectivity index (χ4n) is 4.77. The van der Waals surface area contributed by atoms with Gasteiger partial charge in [0, 0.05) is 11.8 Å². The summed E-state index contributed by atoms with van der Waals surface area (Å²) in [7, 11) is -1.66. The molecule has 0 amide bonds. The van der Waals surface area contributed by atoms with Crippen molar-refractivity contribution in [1.82, 2.24) is 0 Å². The van der Waals surface area contributed by atoms with E-state index in [0.717, 1.165) is 18.4 Å². The summed E-state index contributed by atoms with van der Waals surface area (Å²) in [6.45, 7) is 12.2. The minimum absolute atomic E-state index is 0.290. The molecule has 0 radical (unpaired) electrons. The Labute approximate surface area is 153 Å². The molecule has 3 rings (SSSR count). The number of rotatable bonds is 3. The lowest BCUT2D eigenvalue weighted by atomic mass is 9.69. The Hall–Kier alpha value is -0.513. The monoisotopic (exact) mass is 360 g/mol. The van der Waals surface area contributed by atoms with Gasteiger partial charge in [-0.25, -0.2) is 0 Å². The van der Waals surface area contributed by atoms with Crippen molar-refractivity contribution in [2.75, 3.05) is 6.26 Å². The summed E-state index contributed by atoms with van der Waals surface area (Å²) in [6.07, 6.45) is 5.71. The minimum Gasteiger partial charge on any atom is -0.384 e. The molecule has 3 heteroatoms. The van der Waals surface area contributed by atoms with Crippen LogP contribution < -0.4 is 0 Å². The van der Waals surface area contributed by atoms with Crippen LogP contribution in [0.25, 0.3) is 0 Å². The van der Waals surface area contributed by atoms with Crippen molar-refractivity contribution >= 4 is 19.8 Å². The minimum atomic E-state index is -1.66. The summed E-state index contributed by atoms with van der Waals surface area (Å²) in [6, 6.07) is 10.5. The molecule has 0 saturated heterocycles. The fourth-order valence-corrected chi connectivity index (χ4v) is 9.62. The van der Waals surface area contributed by atoms with E-state index in [1.807, 2.05) is 11.8 Å². The third-order valence-corrected chi connectivity index (χ3v) is 13.8. The molecule has 0 unspecified atom stereocenters. The summed E-state index contributed by atoms with van der Waals surface area (Å²) in [4.78, 5) is 1.52. The van der Waals surface area contributed by atoms with E-state index in [9.17, 15) is 5.11 Å². The standard InChI is InChI=1S/C21H32OSSi/c1-20(2,3)24(5,6)19-17-14-10-13-16(18(19)23-4)21(17,22)15-11-8-7-9-12-15/h7-9,11-12,16-17,22H,10,13-14H2,1-6H3/t16-,17+,21-/m1/s1. The van der Waals surface area contributed by atoms with Crippen LogP contribution in [0.2, 0.25) is 18.1 Å². The number of hydrogen-bond acceptors (Lipinski definition) is 2. The fraction of sp³-hybridized carbons (Fsp3) is 0.619. The topological polar surface area (TPSA) is 20.2 Å². The van der Waals surface area contributed by atoms with Crippen molar-refractivity contribution in [3.05, 3.63) is 46.0 Å². The third kappa shape index (κ3) is 2.46. The van der Waals surface area contributed by atoms with Crippen molar-refractivity contribution in [3.63, 3.8) is 0 Å². The molecular weight excluding hydrogens is 328 g/mol. The second-order valence-electron chi connectivity index (χ2n) is 9.08. The number of thioether (sulfide) groups is 1. The van der Waals surface area contributed by atoms with Gasteiger partial charge in [0.2, 0.25) is 0 Å². The zero-order valence-corrected chi connectivity index (χ0v) is 17.8. The first-order valence-corrected chi connectivity index (χ1v) is 13.4. The molecule has 24 heavy (non-hydrogen) atoms. The Bertz CT molecular complexity index is 644. The van der Waals surface area contributed by atoms with Crippen LogP contribution in [0.15, 0.2) is 40.4 Å². The van der Waals surface area contributed by atoms with Gasteiger partial charge in [-0.15, -0.1) is 11.8 Å². The highest BCUT2D eigenvalue weighted by molar-refractivity contribution is 8.02. The van der Waals surface area contributed by atoms with E-state index in [4.69, 9.17) is 0 Å². The van der Waals surface area contributed by atoms with E-state index in [2.05, 4.69) is 70.5 Å². The summed E-state index contributed by atoms with van der Waals surface area (Å²) in [5, 5.41) is 14.0. The quantitative estimate of drug-likeness (QED) is 0.670. The predicted molar refractivity (Wildman–Crippen MR) is 109 cm³/mol. The van der Waals surface area contributed by atoms with Gasteiger partial charge < -0.3 is 5.11 Å². The molecule has 132 valence electrons. The largest absolute Gasteiger partial charge is 0.384 e. The van der Waals surface area contributed by atoms with E-state index in [-0.39, 0.29) is 5.92 Å². The molecule has 1 nitrogen and oxygen atoms in total. The summed E-state index contributed by atoms with van der Waals surface area (Å²) in [5.74, 6) is 0.597. The Morgan fingerprint density at radius 2 is 1.67 bits per heavy atom. The van der Waals surface area contributed by atoms with Gasteiger partial charge in [0.25, 0.3) is 0 Å². The summed E-state index contributed by atoms with van der Waals surface area (Å²) < 4.78 is 0. The number of fused-ring (bicyclic) bond motifs is 2. The number of hydrogen-bond donors (Lipinski definition) is 1. The van der Waals surface area contributed by atoms with Crippen LogP contribution in [0.5, 0.6) is 0 Å². The molecule has 2 bridgehead atoms. The van der Waals surface area contributed by atoms with Gasteiger partial charge in [0.15, 0.2) is 0 Å². The second-order valence-corrected chi connectivity index (χ2v) is 15.2. The normalized spacial score (nSPS) is 30.8. The molecule has 1 aromatic carbocycles. The first-order valence-electron chi connectivity index (χ1n) is 9.22. The van der Waals surface area contributed by atoms with E-state index in [1.54, 1.807) is 5.20 Å². The van der Waals surface area contributed by atoms with Crippen LogP contribution in [-0.4, -0.2) is 19.4 Å². The highest BCUT2D eigenvalue weighted by Gasteiger charge is 2.60. The summed E-state index contributed by atoms with van der Waals surface area (Å²) in [5.41, 5.74) is 0.433. The van der Waals surface area contributed by atoms with Crippen molar-refractivity contribution in [2.45, 2.75) is 63.8 Å². The molecule has 1 saturated carbocycles. The smallest absolute Gasteiger partial charge is 0.103 e. The highest BCUT2D eigenvalue weighted by atomic mass is 32.2. The molecule has 1 N–H and O–H groups in total. The van der Waals surface area contributed by atoms with Crippen molar-refractivity contribution in [3.8, 4) is 0 Å². The molecule has 1 aromatic rings. The first kappa shape index (κ1) is 18.3. The van der Waals surface area contributed by atoms with Crippen LogP contribution in [0.4, 0.5) is 0 Å². The highest BCUT2D eigenvalue weighted by Crippen LogP contribution is 2.63. The van der Waals surface area contributed by atoms with E-state index < -0.39 is 13.7 Å². The molecule has 0 spiro atoms. The lowest BCUT2D eigenvalue weighted by Crippen LogP contribution is -2.47. The Morgan fingerprint density at radius 3 is 2.21 bits per heavy atom. The number of aliphatic hydroxyl groups is 1. The average Bonchev–Trinajstić information content (AvgIpc) is 2.67. The molecule has 2 aliphatic rings. The van der Waals surface area contributed by atoms with Crippen molar-refractivity contribution in [1.29, 1.82) is 0 Å². The maximum Gasteiger partial charge on any atom is 0.103 e. The Balaban J connectivity index is 2.18. The molecule has 0 aromatic heterocycles. The zero-order chi connectivity index (χ0) is 17.8. The van der Waals surface area contributed by atoms with Crippen LogP contribution in [0.3, 0.4) is 0 Å². The van der Waals surface area contributed by atoms with Crippen LogP contribution in [0.1, 0.15) is 45.6 Å². The molecule has 0 aliphatic heterocycles. The maximum atomic E-state index is 12.0. The van der Waals surface area contributed by atoms with Crippen molar-refractivity contribution in [2.24, 2.45) is 11.8 Å². The SMILES string of the molecule is CSC1=C([Si](C)(C)C(C)(C)C)[C@@H]2CCC[C@H]1[C@]2(O)c1ccccc1. The first-order chi connectivity index (χ1) is 11.2.